The van der Waals surface area contributed by atoms with Crippen LogP contribution in [0.25, 0.3) is 0 Å². The van der Waals surface area contributed by atoms with Crippen LogP contribution in [0.1, 0.15) is 52.0 Å². The number of hydrogen-bond acceptors (Lipinski definition) is 4. The Bertz CT molecular complexity index is 1100. The average Bonchev–Trinajstić information content (AvgIpc) is 2.83. The van der Waals surface area contributed by atoms with Gasteiger partial charge in [0.1, 0.15) is 6.04 Å². The van der Waals surface area contributed by atoms with Gasteiger partial charge in [0.15, 0.2) is 0 Å². The van der Waals surface area contributed by atoms with Gasteiger partial charge in [0, 0.05) is 30.6 Å². The van der Waals surface area contributed by atoms with Crippen LogP contribution in [0.3, 0.4) is 0 Å². The van der Waals surface area contributed by atoms with Crippen molar-refractivity contribution in [2.45, 2.75) is 65.0 Å². The van der Waals surface area contributed by atoms with Crippen molar-refractivity contribution in [1.29, 1.82) is 0 Å². The summed E-state index contributed by atoms with van der Waals surface area (Å²) in [5.41, 5.74) is 1.54. The summed E-state index contributed by atoms with van der Waals surface area (Å²) < 4.78 is 26.1. The lowest BCUT2D eigenvalue weighted by Crippen LogP contribution is -2.51. The van der Waals surface area contributed by atoms with Gasteiger partial charge >= 0.3 is 0 Å². The highest BCUT2D eigenvalue weighted by atomic mass is 35.5. The lowest BCUT2D eigenvalue weighted by atomic mass is 10.1. The molecule has 0 radical (unpaired) electrons. The summed E-state index contributed by atoms with van der Waals surface area (Å²) in [6.07, 6.45) is 3.47. The molecule has 0 heterocycles. The standard InChI is InChI=1S/C27H38ClN3O4S/c1-5-21(3)29-27(33)25(6-2)30(19-17-22-12-8-7-9-13-22)26(32)16-11-18-31(36(4,34)35)24-15-10-14-23(28)20-24/h7-10,12-15,20-21,25H,5-6,11,16-19H2,1-4H3,(H,29,33). The first-order valence-corrected chi connectivity index (χ1v) is 14.7. The smallest absolute Gasteiger partial charge is 0.243 e. The maximum Gasteiger partial charge on any atom is 0.243 e. The molecule has 2 unspecified atom stereocenters. The largest absolute Gasteiger partial charge is 0.352 e. The van der Waals surface area contributed by atoms with Crippen LogP contribution in [-0.4, -0.2) is 56.6 Å². The molecule has 9 heteroatoms. The Kier molecular flexibility index (Phi) is 11.7. The molecule has 36 heavy (non-hydrogen) atoms. The zero-order valence-corrected chi connectivity index (χ0v) is 23.2. The molecule has 0 fully saturated rings. The van der Waals surface area contributed by atoms with Crippen LogP contribution >= 0.6 is 11.6 Å². The molecular weight excluding hydrogens is 498 g/mol. The minimum Gasteiger partial charge on any atom is -0.352 e. The van der Waals surface area contributed by atoms with Gasteiger partial charge in [0.25, 0.3) is 0 Å². The van der Waals surface area contributed by atoms with Gasteiger partial charge in [-0.15, -0.1) is 0 Å². The Morgan fingerprint density at radius 2 is 1.69 bits per heavy atom. The second kappa shape index (κ2) is 14.2. The molecule has 0 spiro atoms. The summed E-state index contributed by atoms with van der Waals surface area (Å²) in [5, 5.41) is 3.44. The first-order valence-electron chi connectivity index (χ1n) is 12.4. The highest BCUT2D eigenvalue weighted by molar-refractivity contribution is 7.92. The predicted molar refractivity (Wildman–Crippen MR) is 147 cm³/mol. The number of nitrogens with one attached hydrogen (secondary N) is 1. The number of hydrogen-bond donors (Lipinski definition) is 1. The monoisotopic (exact) mass is 535 g/mol. The normalized spacial score (nSPS) is 13.0. The third kappa shape index (κ3) is 9.13. The lowest BCUT2D eigenvalue weighted by molar-refractivity contribution is -0.141. The number of nitrogens with zero attached hydrogens (tertiary/aromatic N) is 2. The first kappa shape index (κ1) is 29.6. The van der Waals surface area contributed by atoms with E-state index in [0.717, 1.165) is 18.2 Å². The van der Waals surface area contributed by atoms with Crippen LogP contribution in [0.2, 0.25) is 5.02 Å². The SMILES string of the molecule is CCC(C)NC(=O)C(CC)N(CCc1ccccc1)C(=O)CCCN(c1cccc(Cl)c1)S(C)(=O)=O. The number of rotatable bonds is 14. The Morgan fingerprint density at radius 3 is 2.28 bits per heavy atom. The summed E-state index contributed by atoms with van der Waals surface area (Å²) in [6.45, 7) is 6.37. The molecule has 2 amide bonds. The van der Waals surface area contributed by atoms with Crippen LogP contribution in [0.15, 0.2) is 54.6 Å². The van der Waals surface area contributed by atoms with Crippen molar-refractivity contribution in [3.63, 3.8) is 0 Å². The quantitative estimate of drug-likeness (QED) is 0.381. The number of carbonyl (C=O) groups excluding carboxylic acids is 2. The first-order chi connectivity index (χ1) is 17.1. The number of carbonyl (C=O) groups is 2. The van der Waals surface area contributed by atoms with E-state index in [4.69, 9.17) is 11.6 Å². The second-order valence-electron chi connectivity index (χ2n) is 8.98. The molecule has 7 nitrogen and oxygen atoms in total. The maximum absolute atomic E-state index is 13.4. The van der Waals surface area contributed by atoms with Gasteiger partial charge < -0.3 is 10.2 Å². The zero-order valence-electron chi connectivity index (χ0n) is 21.6. The number of halogens is 1. The van der Waals surface area contributed by atoms with Crippen molar-refractivity contribution in [1.82, 2.24) is 10.2 Å². The molecule has 0 aliphatic rings. The van der Waals surface area contributed by atoms with Gasteiger partial charge in [-0.1, -0.05) is 61.8 Å². The van der Waals surface area contributed by atoms with Gasteiger partial charge in [0.2, 0.25) is 21.8 Å². The second-order valence-corrected chi connectivity index (χ2v) is 11.3. The Balaban J connectivity index is 2.16. The van der Waals surface area contributed by atoms with Crippen LogP contribution in [0.5, 0.6) is 0 Å². The number of sulfonamides is 1. The predicted octanol–water partition coefficient (Wildman–Crippen LogP) is 4.65. The topological polar surface area (TPSA) is 86.8 Å². The lowest BCUT2D eigenvalue weighted by Gasteiger charge is -2.32. The summed E-state index contributed by atoms with van der Waals surface area (Å²) in [7, 11) is -3.56. The molecule has 0 aliphatic carbocycles. The molecule has 0 aliphatic heterocycles. The third-order valence-electron chi connectivity index (χ3n) is 6.12. The van der Waals surface area contributed by atoms with Crippen molar-refractivity contribution in [2.75, 3.05) is 23.7 Å². The molecule has 0 saturated carbocycles. The van der Waals surface area contributed by atoms with Gasteiger partial charge in [-0.05, 0) is 56.4 Å². The number of amides is 2. The average molecular weight is 536 g/mol. The Hall–Kier alpha value is -2.58. The summed E-state index contributed by atoms with van der Waals surface area (Å²) >= 11 is 6.06. The van der Waals surface area contributed by atoms with Crippen LogP contribution in [0.4, 0.5) is 5.69 Å². The van der Waals surface area contributed by atoms with Gasteiger partial charge in [-0.2, -0.15) is 0 Å². The van der Waals surface area contributed by atoms with E-state index >= 15 is 0 Å². The summed E-state index contributed by atoms with van der Waals surface area (Å²) in [6, 6.07) is 15.9. The van der Waals surface area contributed by atoms with E-state index in [1.54, 1.807) is 29.2 Å². The van der Waals surface area contributed by atoms with E-state index in [9.17, 15) is 18.0 Å². The molecule has 2 atom stereocenters. The maximum atomic E-state index is 13.4. The molecule has 198 valence electrons. The van der Waals surface area contributed by atoms with Gasteiger partial charge in [0.05, 0.1) is 11.9 Å². The third-order valence-corrected chi connectivity index (χ3v) is 7.55. The van der Waals surface area contributed by atoms with E-state index in [1.807, 2.05) is 51.1 Å². The Morgan fingerprint density at radius 1 is 1.00 bits per heavy atom. The fourth-order valence-electron chi connectivity index (χ4n) is 3.97. The molecule has 1 N–H and O–H groups in total. The molecular formula is C27H38ClN3O4S. The van der Waals surface area contributed by atoms with E-state index in [2.05, 4.69) is 5.32 Å². The van der Waals surface area contributed by atoms with Crippen LogP contribution in [0, 0.1) is 0 Å². The zero-order chi connectivity index (χ0) is 26.7. The van der Waals surface area contributed by atoms with E-state index in [1.165, 1.54) is 4.31 Å². The number of benzene rings is 2. The molecule has 2 aromatic carbocycles. The van der Waals surface area contributed by atoms with Crippen molar-refractivity contribution in [3.8, 4) is 0 Å². The highest BCUT2D eigenvalue weighted by Crippen LogP contribution is 2.22. The fraction of sp³-hybridized carbons (Fsp3) is 0.481. The molecule has 0 saturated heterocycles. The minimum atomic E-state index is -3.56. The van der Waals surface area contributed by atoms with E-state index in [0.29, 0.717) is 36.5 Å². The minimum absolute atomic E-state index is 0.0126. The van der Waals surface area contributed by atoms with Crippen molar-refractivity contribution < 1.29 is 18.0 Å². The molecule has 0 bridgehead atoms. The molecule has 2 aromatic rings. The van der Waals surface area contributed by atoms with Crippen molar-refractivity contribution >= 4 is 39.1 Å². The van der Waals surface area contributed by atoms with E-state index in [-0.39, 0.29) is 30.8 Å². The molecule has 2 rings (SSSR count). The van der Waals surface area contributed by atoms with Crippen molar-refractivity contribution in [2.24, 2.45) is 0 Å². The van der Waals surface area contributed by atoms with Gasteiger partial charge in [-0.3, -0.25) is 13.9 Å². The summed E-state index contributed by atoms with van der Waals surface area (Å²) in [5.74, 6) is -0.332. The van der Waals surface area contributed by atoms with Gasteiger partial charge in [-0.25, -0.2) is 8.42 Å². The fourth-order valence-corrected chi connectivity index (χ4v) is 5.11. The van der Waals surface area contributed by atoms with Crippen LogP contribution < -0.4 is 9.62 Å². The Labute approximate surface area is 220 Å². The van der Waals surface area contributed by atoms with Crippen LogP contribution in [-0.2, 0) is 26.0 Å². The molecule has 0 aromatic heterocycles. The summed E-state index contributed by atoms with van der Waals surface area (Å²) in [4.78, 5) is 28.1. The van der Waals surface area contributed by atoms with E-state index < -0.39 is 16.1 Å². The van der Waals surface area contributed by atoms with Crippen molar-refractivity contribution in [3.05, 3.63) is 65.2 Å². The highest BCUT2D eigenvalue weighted by Gasteiger charge is 2.29. The number of anilines is 1.